The first-order valence-corrected chi connectivity index (χ1v) is 6.17. The van der Waals surface area contributed by atoms with Crippen LogP contribution in [0.3, 0.4) is 0 Å². The molecule has 0 atom stereocenters. The van der Waals surface area contributed by atoms with Crippen LogP contribution in [0.4, 0.5) is 5.69 Å². The van der Waals surface area contributed by atoms with Crippen molar-refractivity contribution < 1.29 is 14.3 Å². The van der Waals surface area contributed by atoms with Gasteiger partial charge in [0.05, 0.1) is 12.8 Å². The SMILES string of the molecule is Cc1cc(NCc2occc2C(=O)O)ccc1Br. The number of carboxylic acid groups (broad SMARTS) is 1. The van der Waals surface area contributed by atoms with E-state index in [1.54, 1.807) is 0 Å². The molecule has 0 aliphatic heterocycles. The molecule has 0 bridgehead atoms. The molecule has 1 heterocycles. The fourth-order valence-corrected chi connectivity index (χ4v) is 1.85. The van der Waals surface area contributed by atoms with Crippen molar-refractivity contribution in [1.29, 1.82) is 0 Å². The van der Waals surface area contributed by atoms with Crippen molar-refractivity contribution >= 4 is 27.6 Å². The van der Waals surface area contributed by atoms with Gasteiger partial charge in [0, 0.05) is 10.2 Å². The number of furan rings is 1. The second kappa shape index (κ2) is 5.27. The number of hydrogen-bond acceptors (Lipinski definition) is 3. The van der Waals surface area contributed by atoms with Gasteiger partial charge in [0.2, 0.25) is 0 Å². The monoisotopic (exact) mass is 309 g/mol. The molecule has 0 fully saturated rings. The third-order valence-corrected chi connectivity index (χ3v) is 3.48. The largest absolute Gasteiger partial charge is 0.478 e. The van der Waals surface area contributed by atoms with Crippen molar-refractivity contribution in [2.24, 2.45) is 0 Å². The van der Waals surface area contributed by atoms with Crippen molar-refractivity contribution in [3.05, 3.63) is 51.9 Å². The quantitative estimate of drug-likeness (QED) is 0.904. The first kappa shape index (κ1) is 12.7. The zero-order valence-electron chi connectivity index (χ0n) is 9.74. The van der Waals surface area contributed by atoms with Crippen molar-refractivity contribution in [1.82, 2.24) is 0 Å². The molecule has 0 saturated carbocycles. The molecule has 1 aromatic heterocycles. The number of carbonyl (C=O) groups is 1. The maximum atomic E-state index is 10.9. The predicted octanol–water partition coefficient (Wildman–Crippen LogP) is 3.66. The molecule has 2 rings (SSSR count). The van der Waals surface area contributed by atoms with Crippen LogP contribution in [0.1, 0.15) is 21.7 Å². The Balaban J connectivity index is 2.09. The Bertz CT molecular complexity index is 577. The van der Waals surface area contributed by atoms with E-state index in [1.807, 2.05) is 25.1 Å². The standard InChI is InChI=1S/C13H12BrNO3/c1-8-6-9(2-3-11(8)14)15-7-12-10(13(16)17)4-5-18-12/h2-6,15H,7H2,1H3,(H,16,17). The molecule has 1 aromatic carbocycles. The molecule has 2 aromatic rings. The van der Waals surface area contributed by atoms with Crippen molar-refractivity contribution in [2.75, 3.05) is 5.32 Å². The second-order valence-corrected chi connectivity index (χ2v) is 4.73. The third kappa shape index (κ3) is 2.73. The number of carboxylic acids is 1. The predicted molar refractivity (Wildman–Crippen MR) is 71.9 cm³/mol. The lowest BCUT2D eigenvalue weighted by molar-refractivity contribution is 0.0694. The summed E-state index contributed by atoms with van der Waals surface area (Å²) in [5.74, 6) is -0.560. The molecule has 2 N–H and O–H groups in total. The third-order valence-electron chi connectivity index (χ3n) is 2.59. The lowest BCUT2D eigenvalue weighted by atomic mass is 10.2. The molecular formula is C13H12BrNO3. The highest BCUT2D eigenvalue weighted by Gasteiger charge is 2.12. The summed E-state index contributed by atoms with van der Waals surface area (Å²) in [5, 5.41) is 12.1. The summed E-state index contributed by atoms with van der Waals surface area (Å²) < 4.78 is 6.19. The topological polar surface area (TPSA) is 62.5 Å². The highest BCUT2D eigenvalue weighted by atomic mass is 79.9. The lowest BCUT2D eigenvalue weighted by Gasteiger charge is -2.07. The summed E-state index contributed by atoms with van der Waals surface area (Å²) in [5.41, 5.74) is 2.22. The molecule has 0 unspecified atom stereocenters. The van der Waals surface area contributed by atoms with E-state index in [1.165, 1.54) is 12.3 Å². The molecule has 0 radical (unpaired) electrons. The maximum absolute atomic E-state index is 10.9. The number of benzene rings is 1. The van der Waals surface area contributed by atoms with Gasteiger partial charge in [0.25, 0.3) is 0 Å². The van der Waals surface area contributed by atoms with Crippen molar-refractivity contribution in [3.63, 3.8) is 0 Å². The van der Waals surface area contributed by atoms with Gasteiger partial charge in [-0.15, -0.1) is 0 Å². The van der Waals surface area contributed by atoms with Gasteiger partial charge >= 0.3 is 5.97 Å². The minimum absolute atomic E-state index is 0.191. The Morgan fingerprint density at radius 1 is 1.44 bits per heavy atom. The zero-order chi connectivity index (χ0) is 13.1. The molecular weight excluding hydrogens is 298 g/mol. The van der Waals surface area contributed by atoms with Crippen molar-refractivity contribution in [2.45, 2.75) is 13.5 Å². The van der Waals surface area contributed by atoms with E-state index in [9.17, 15) is 4.79 Å². The van der Waals surface area contributed by atoms with Crippen LogP contribution in [-0.4, -0.2) is 11.1 Å². The first-order valence-electron chi connectivity index (χ1n) is 5.37. The lowest BCUT2D eigenvalue weighted by Crippen LogP contribution is -2.04. The number of halogens is 1. The summed E-state index contributed by atoms with van der Waals surface area (Å²) in [6.45, 7) is 2.33. The Morgan fingerprint density at radius 2 is 2.22 bits per heavy atom. The summed E-state index contributed by atoms with van der Waals surface area (Å²) in [6.07, 6.45) is 1.38. The maximum Gasteiger partial charge on any atom is 0.339 e. The molecule has 18 heavy (non-hydrogen) atoms. The van der Waals surface area contributed by atoms with Gasteiger partial charge in [-0.2, -0.15) is 0 Å². The van der Waals surface area contributed by atoms with E-state index in [-0.39, 0.29) is 5.56 Å². The van der Waals surface area contributed by atoms with Crippen LogP contribution in [-0.2, 0) is 6.54 Å². The van der Waals surface area contributed by atoms with Gasteiger partial charge in [-0.25, -0.2) is 4.79 Å². The van der Waals surface area contributed by atoms with Crippen LogP contribution < -0.4 is 5.32 Å². The second-order valence-electron chi connectivity index (χ2n) is 3.88. The highest BCUT2D eigenvalue weighted by molar-refractivity contribution is 9.10. The number of aromatic carboxylic acids is 1. The fourth-order valence-electron chi connectivity index (χ4n) is 1.61. The number of hydrogen-bond donors (Lipinski definition) is 2. The van der Waals surface area contributed by atoms with Crippen LogP contribution in [0.5, 0.6) is 0 Å². The van der Waals surface area contributed by atoms with E-state index in [2.05, 4.69) is 21.2 Å². The summed E-state index contributed by atoms with van der Waals surface area (Å²) in [6, 6.07) is 7.29. The van der Waals surface area contributed by atoms with Crippen LogP contribution in [0.25, 0.3) is 0 Å². The number of anilines is 1. The van der Waals surface area contributed by atoms with Crippen LogP contribution in [0.15, 0.2) is 39.4 Å². The molecule has 0 spiro atoms. The Kier molecular flexibility index (Phi) is 3.72. The van der Waals surface area contributed by atoms with Crippen LogP contribution >= 0.6 is 15.9 Å². The van der Waals surface area contributed by atoms with Crippen LogP contribution in [0.2, 0.25) is 0 Å². The van der Waals surface area contributed by atoms with Gasteiger partial charge in [-0.05, 0) is 36.8 Å². The van der Waals surface area contributed by atoms with E-state index in [0.717, 1.165) is 15.7 Å². The zero-order valence-corrected chi connectivity index (χ0v) is 11.3. The molecule has 94 valence electrons. The molecule has 0 amide bonds. The summed E-state index contributed by atoms with van der Waals surface area (Å²) >= 11 is 3.43. The van der Waals surface area contributed by atoms with Gasteiger partial charge in [0.15, 0.2) is 0 Å². The smallest absolute Gasteiger partial charge is 0.339 e. The van der Waals surface area contributed by atoms with Crippen LogP contribution in [0, 0.1) is 6.92 Å². The van der Waals surface area contributed by atoms with E-state index >= 15 is 0 Å². The van der Waals surface area contributed by atoms with E-state index in [0.29, 0.717) is 12.3 Å². The van der Waals surface area contributed by atoms with Crippen molar-refractivity contribution in [3.8, 4) is 0 Å². The minimum atomic E-state index is -0.979. The first-order chi connectivity index (χ1) is 8.58. The summed E-state index contributed by atoms with van der Waals surface area (Å²) in [4.78, 5) is 10.9. The normalized spacial score (nSPS) is 10.3. The summed E-state index contributed by atoms with van der Waals surface area (Å²) in [7, 11) is 0. The molecule has 4 nitrogen and oxygen atoms in total. The average Bonchev–Trinajstić information content (AvgIpc) is 2.79. The Morgan fingerprint density at radius 3 is 2.89 bits per heavy atom. The van der Waals surface area contributed by atoms with Gasteiger partial charge in [0.1, 0.15) is 11.3 Å². The molecule has 0 saturated heterocycles. The number of aryl methyl sites for hydroxylation is 1. The highest BCUT2D eigenvalue weighted by Crippen LogP contribution is 2.21. The molecule has 5 heteroatoms. The van der Waals surface area contributed by atoms with Gasteiger partial charge in [-0.1, -0.05) is 15.9 Å². The number of rotatable bonds is 4. The molecule has 0 aliphatic carbocycles. The van der Waals surface area contributed by atoms with E-state index < -0.39 is 5.97 Å². The Hall–Kier alpha value is -1.75. The fraction of sp³-hybridized carbons (Fsp3) is 0.154. The van der Waals surface area contributed by atoms with E-state index in [4.69, 9.17) is 9.52 Å². The minimum Gasteiger partial charge on any atom is -0.478 e. The Labute approximate surface area is 113 Å². The van der Waals surface area contributed by atoms with Gasteiger partial charge in [-0.3, -0.25) is 0 Å². The number of nitrogens with one attached hydrogen (secondary N) is 1. The molecule has 0 aliphatic rings. The van der Waals surface area contributed by atoms with Gasteiger partial charge < -0.3 is 14.8 Å². The average molecular weight is 310 g/mol.